The highest BCUT2D eigenvalue weighted by Crippen LogP contribution is 2.24. The van der Waals surface area contributed by atoms with Gasteiger partial charge >= 0.3 is 5.97 Å². The summed E-state index contributed by atoms with van der Waals surface area (Å²) in [7, 11) is 0. The number of hydroxylamine groups is 2. The van der Waals surface area contributed by atoms with Crippen LogP contribution < -0.4 is 0 Å². The molecule has 3 unspecified atom stereocenters. The molecule has 120 valence electrons. The van der Waals surface area contributed by atoms with Crippen LogP contribution in [0.15, 0.2) is 24.3 Å². The van der Waals surface area contributed by atoms with Crippen LogP contribution in [-0.2, 0) is 9.63 Å². The summed E-state index contributed by atoms with van der Waals surface area (Å²) in [6, 6.07) is 6.06. The van der Waals surface area contributed by atoms with Crippen molar-refractivity contribution in [2.45, 2.75) is 12.5 Å². The van der Waals surface area contributed by atoms with Crippen LogP contribution in [-0.4, -0.2) is 71.4 Å². The van der Waals surface area contributed by atoms with Crippen LogP contribution in [0.3, 0.4) is 0 Å². The highest BCUT2D eigenvalue weighted by molar-refractivity contribution is 6.20. The maximum Gasteiger partial charge on any atom is 0.351 e. The van der Waals surface area contributed by atoms with Crippen LogP contribution in [0.1, 0.15) is 27.1 Å². The minimum atomic E-state index is -0.576. The molecule has 0 spiro atoms. The quantitative estimate of drug-likeness (QED) is 0.723. The topological polar surface area (TPSA) is 70.2 Å². The number of hydrogen-bond acceptors (Lipinski definition) is 6. The number of hydrogen-bond donors (Lipinski definition) is 0. The number of benzene rings is 1. The van der Waals surface area contributed by atoms with E-state index in [0.717, 1.165) is 32.6 Å². The third kappa shape index (κ3) is 2.32. The highest BCUT2D eigenvalue weighted by Gasteiger charge is 2.42. The molecule has 0 N–H and O–H groups in total. The van der Waals surface area contributed by atoms with Gasteiger partial charge in [0.25, 0.3) is 11.8 Å². The summed E-state index contributed by atoms with van der Waals surface area (Å²) in [4.78, 5) is 46.5. The maximum absolute atomic E-state index is 12.5. The molecule has 3 fully saturated rings. The fourth-order valence-electron chi connectivity index (χ4n) is 3.47. The fraction of sp³-hybridized carbons (Fsp3) is 0.438. The number of amides is 2. The Morgan fingerprint density at radius 2 is 1.70 bits per heavy atom. The molecule has 7 nitrogen and oxygen atoms in total. The molecule has 0 aromatic heterocycles. The van der Waals surface area contributed by atoms with E-state index < -0.39 is 23.8 Å². The lowest BCUT2D eigenvalue weighted by Crippen LogP contribution is -2.55. The number of carbonyl (C=O) groups excluding carboxylic acids is 3. The largest absolute Gasteiger partial charge is 0.351 e. The molecule has 0 saturated carbocycles. The van der Waals surface area contributed by atoms with Gasteiger partial charge < -0.3 is 4.84 Å². The zero-order chi connectivity index (χ0) is 16.0. The molecule has 0 radical (unpaired) electrons. The minimum absolute atomic E-state index is 0.275. The minimum Gasteiger partial charge on any atom is -0.328 e. The molecule has 4 heterocycles. The standard InChI is InChI=1S/C16H17N3O4/c20-14-11-4-1-2-5-12(11)15(21)19(14)23-16(22)13-10-17-6-3-7-18(13)9-8-17/h1-2,4-5,13H,3,6-10H2. The smallest absolute Gasteiger partial charge is 0.328 e. The second kappa shape index (κ2) is 5.43. The Kier molecular flexibility index (Phi) is 3.39. The van der Waals surface area contributed by atoms with Gasteiger partial charge in [-0.15, -0.1) is 0 Å². The van der Waals surface area contributed by atoms with Crippen LogP contribution in [0, 0.1) is 0 Å². The van der Waals surface area contributed by atoms with Gasteiger partial charge in [0.05, 0.1) is 11.1 Å². The fourth-order valence-corrected chi connectivity index (χ4v) is 3.47. The van der Waals surface area contributed by atoms with E-state index in [0.29, 0.717) is 11.6 Å². The molecular formula is C16H17N3O4. The van der Waals surface area contributed by atoms with Gasteiger partial charge in [-0.2, -0.15) is 0 Å². The summed E-state index contributed by atoms with van der Waals surface area (Å²) in [6.45, 7) is 4.13. The molecular weight excluding hydrogens is 298 g/mol. The summed E-state index contributed by atoms with van der Waals surface area (Å²) in [5, 5.41) is 0.599. The molecule has 7 heteroatoms. The van der Waals surface area contributed by atoms with Crippen LogP contribution >= 0.6 is 0 Å². The van der Waals surface area contributed by atoms with E-state index in [1.807, 2.05) is 0 Å². The van der Waals surface area contributed by atoms with Gasteiger partial charge in [-0.1, -0.05) is 17.2 Å². The lowest BCUT2D eigenvalue weighted by Gasteiger charge is -2.35. The summed E-state index contributed by atoms with van der Waals surface area (Å²) >= 11 is 0. The molecule has 3 atom stereocenters. The molecule has 3 saturated heterocycles. The van der Waals surface area contributed by atoms with E-state index in [4.69, 9.17) is 4.84 Å². The van der Waals surface area contributed by atoms with Gasteiger partial charge in [0.15, 0.2) is 0 Å². The van der Waals surface area contributed by atoms with E-state index in [2.05, 4.69) is 9.80 Å². The zero-order valence-electron chi connectivity index (χ0n) is 12.6. The molecule has 4 aliphatic heterocycles. The third-order valence-corrected chi connectivity index (χ3v) is 4.71. The van der Waals surface area contributed by atoms with E-state index in [9.17, 15) is 14.4 Å². The van der Waals surface area contributed by atoms with Crippen molar-refractivity contribution in [1.29, 1.82) is 0 Å². The average molecular weight is 315 g/mol. The van der Waals surface area contributed by atoms with Gasteiger partial charge in [-0.25, -0.2) is 4.79 Å². The van der Waals surface area contributed by atoms with E-state index in [-0.39, 0.29) is 11.1 Å². The zero-order valence-corrected chi connectivity index (χ0v) is 12.6. The van der Waals surface area contributed by atoms with E-state index in [1.165, 1.54) is 0 Å². The van der Waals surface area contributed by atoms with Crippen molar-refractivity contribution in [1.82, 2.24) is 14.9 Å². The Morgan fingerprint density at radius 3 is 2.39 bits per heavy atom. The molecule has 4 aliphatic rings. The lowest BCUT2D eigenvalue weighted by molar-refractivity contribution is -0.176. The average Bonchev–Trinajstić information content (AvgIpc) is 2.82. The Balaban J connectivity index is 1.52. The first-order valence-electron chi connectivity index (χ1n) is 7.81. The van der Waals surface area contributed by atoms with Crippen molar-refractivity contribution < 1.29 is 19.2 Å². The monoisotopic (exact) mass is 315 g/mol. The lowest BCUT2D eigenvalue weighted by atomic mass is 10.1. The van der Waals surface area contributed by atoms with E-state index in [1.54, 1.807) is 24.3 Å². The van der Waals surface area contributed by atoms with E-state index >= 15 is 0 Å². The van der Waals surface area contributed by atoms with Crippen molar-refractivity contribution in [3.05, 3.63) is 35.4 Å². The summed E-state index contributed by atoms with van der Waals surface area (Å²) < 4.78 is 0. The van der Waals surface area contributed by atoms with Crippen LogP contribution in [0.2, 0.25) is 0 Å². The molecule has 1 aromatic carbocycles. The molecule has 0 aliphatic carbocycles. The van der Waals surface area contributed by atoms with Gasteiger partial charge in [0.1, 0.15) is 6.04 Å². The Bertz CT molecular complexity index is 651. The number of piperazine rings is 1. The molecule has 1 aromatic rings. The molecule has 2 bridgehead atoms. The third-order valence-electron chi connectivity index (χ3n) is 4.71. The Hall–Kier alpha value is -2.25. The second-order valence-corrected chi connectivity index (χ2v) is 6.07. The predicted octanol–water partition coefficient (Wildman–Crippen LogP) is 0.131. The first-order valence-corrected chi connectivity index (χ1v) is 7.81. The summed E-state index contributed by atoms with van der Waals surface area (Å²) in [5.41, 5.74) is 0.550. The number of rotatable bonds is 2. The van der Waals surface area contributed by atoms with Crippen molar-refractivity contribution in [3.63, 3.8) is 0 Å². The summed E-state index contributed by atoms with van der Waals surface area (Å²) in [5.74, 6) is -1.69. The Labute approximate surface area is 133 Å². The van der Waals surface area contributed by atoms with Gasteiger partial charge in [0.2, 0.25) is 0 Å². The van der Waals surface area contributed by atoms with Crippen molar-refractivity contribution in [3.8, 4) is 0 Å². The van der Waals surface area contributed by atoms with Gasteiger partial charge in [-0.05, 0) is 25.1 Å². The van der Waals surface area contributed by atoms with Gasteiger partial charge in [0, 0.05) is 26.2 Å². The van der Waals surface area contributed by atoms with Crippen molar-refractivity contribution >= 4 is 17.8 Å². The summed E-state index contributed by atoms with van der Waals surface area (Å²) in [6.07, 6.45) is 1.01. The van der Waals surface area contributed by atoms with Crippen molar-refractivity contribution in [2.75, 3.05) is 32.7 Å². The van der Waals surface area contributed by atoms with Crippen LogP contribution in [0.5, 0.6) is 0 Å². The van der Waals surface area contributed by atoms with Crippen LogP contribution in [0.4, 0.5) is 0 Å². The predicted molar refractivity (Wildman–Crippen MR) is 79.5 cm³/mol. The number of imide groups is 1. The first kappa shape index (κ1) is 14.3. The second-order valence-electron chi connectivity index (χ2n) is 6.07. The Morgan fingerprint density at radius 1 is 1.00 bits per heavy atom. The highest BCUT2D eigenvalue weighted by atomic mass is 16.7. The molecule has 23 heavy (non-hydrogen) atoms. The first-order chi connectivity index (χ1) is 11.1. The maximum atomic E-state index is 12.5. The number of fused-ring (bicyclic) bond motifs is 5. The van der Waals surface area contributed by atoms with Crippen molar-refractivity contribution in [2.24, 2.45) is 0 Å². The van der Waals surface area contributed by atoms with Gasteiger partial charge in [-0.3, -0.25) is 19.4 Å². The molecule has 2 amide bonds. The van der Waals surface area contributed by atoms with Crippen LogP contribution in [0.25, 0.3) is 0 Å². The number of carbonyl (C=O) groups is 3. The normalized spacial score (nSPS) is 29.4. The number of nitrogens with zero attached hydrogens (tertiary/aromatic N) is 3. The molecule has 5 rings (SSSR count). The SMILES string of the molecule is O=C(ON1C(=O)c2ccccc2C1=O)C1CN2CCCN1CC2.